The highest BCUT2D eigenvalue weighted by molar-refractivity contribution is 7.99. The number of rotatable bonds is 12. The number of sulfonamides is 2. The number of benzene rings is 2. The minimum Gasteiger partial charge on any atom is -0.494 e. The Balaban J connectivity index is 0.000000324. The van der Waals surface area contributed by atoms with Crippen LogP contribution in [-0.4, -0.2) is 89.0 Å². The number of alkyl halides is 3. The number of fused-ring (bicyclic) bond motifs is 1. The number of Topliss-reactive ketones (excluding diaryl/α,β-unsaturated/α-hetero) is 1. The molecule has 18 heteroatoms. The highest BCUT2D eigenvalue weighted by Crippen LogP contribution is 2.37. The van der Waals surface area contributed by atoms with Crippen molar-refractivity contribution in [3.05, 3.63) is 47.0 Å². The Labute approximate surface area is 290 Å². The third-order valence-corrected chi connectivity index (χ3v) is 11.7. The van der Waals surface area contributed by atoms with Crippen molar-refractivity contribution in [2.75, 3.05) is 50.1 Å². The second-order valence-electron chi connectivity index (χ2n) is 10.9. The van der Waals surface area contributed by atoms with E-state index in [4.69, 9.17) is 21.5 Å². The number of carbonyl (C=O) groups is 1. The first-order valence-electron chi connectivity index (χ1n) is 14.8. The maximum Gasteiger partial charge on any atom is 0.397 e. The number of carbonyl (C=O) groups excluding carboxylic acids is 1. The molecule has 0 spiro atoms. The molecule has 4 rings (SSSR count). The lowest BCUT2D eigenvalue weighted by Crippen LogP contribution is -2.47. The molecule has 0 saturated carbocycles. The summed E-state index contributed by atoms with van der Waals surface area (Å²) in [6, 6.07) is 9.49. The van der Waals surface area contributed by atoms with Crippen LogP contribution in [0.1, 0.15) is 55.8 Å². The van der Waals surface area contributed by atoms with E-state index in [0.717, 1.165) is 66.8 Å². The lowest BCUT2D eigenvalue weighted by molar-refractivity contribution is -0.105. The molecule has 0 aliphatic carbocycles. The number of unbranched alkanes of at least 4 members (excludes halogenated alkanes) is 1. The highest BCUT2D eigenvalue weighted by Gasteiger charge is 2.38. The van der Waals surface area contributed by atoms with Gasteiger partial charge in [-0.15, -0.1) is 24.2 Å². The van der Waals surface area contributed by atoms with Gasteiger partial charge in [-0.1, -0.05) is 31.4 Å². The van der Waals surface area contributed by atoms with Gasteiger partial charge in [-0.25, -0.2) is 22.0 Å². The summed E-state index contributed by atoms with van der Waals surface area (Å²) in [5.41, 5.74) is 0.794. The molecule has 0 amide bonds. The van der Waals surface area contributed by atoms with Crippen LogP contribution in [0.15, 0.2) is 46.2 Å². The van der Waals surface area contributed by atoms with Gasteiger partial charge in [-0.05, 0) is 68.8 Å². The number of halogens is 5. The number of hydrogen-bond donors (Lipinski definition) is 2. The number of ether oxygens (including phenoxy) is 1. The third-order valence-electron chi connectivity index (χ3n) is 7.35. The van der Waals surface area contributed by atoms with Crippen LogP contribution in [0.3, 0.4) is 0 Å². The van der Waals surface area contributed by atoms with E-state index in [1.54, 1.807) is 0 Å². The number of anilines is 1. The van der Waals surface area contributed by atoms with E-state index in [1.807, 2.05) is 24.3 Å². The van der Waals surface area contributed by atoms with Gasteiger partial charge in [0.2, 0.25) is 20.0 Å². The van der Waals surface area contributed by atoms with Crippen molar-refractivity contribution >= 4 is 67.3 Å². The summed E-state index contributed by atoms with van der Waals surface area (Å²) in [5, 5.41) is 7.45. The number of nitrogens with two attached hydrogens (primary N) is 1. The standard InChI is InChI=1S/C18H27NO2.C11H13ClF3N3O4S3.ClH/c1-2-3-15-21-17-9-7-16(8-10-17)18(20)11-14-19-12-5-4-6-13-19;1-18-10(4-23-5-11(13,14)15)17-7-2-6(12)8(24(16,19)20)3-9(7)25(18,21)22;/h7-10H,2-6,11-15H2,1H3;2-3,10,17H,4-5H2,1H3,(H2,16,19,20);1H. The summed E-state index contributed by atoms with van der Waals surface area (Å²) < 4.78 is 91.2. The number of hydrogen-bond acceptors (Lipinski definition) is 9. The van der Waals surface area contributed by atoms with Crippen LogP contribution in [0.5, 0.6) is 5.75 Å². The molecule has 2 aliphatic rings. The van der Waals surface area contributed by atoms with Crippen molar-refractivity contribution in [2.24, 2.45) is 5.14 Å². The lowest BCUT2D eigenvalue weighted by atomic mass is 10.1. The fourth-order valence-corrected chi connectivity index (χ4v) is 8.35. The third kappa shape index (κ3) is 12.6. The van der Waals surface area contributed by atoms with Crippen LogP contribution in [0.2, 0.25) is 5.02 Å². The number of likely N-dealkylation sites (tertiary alicyclic amines) is 1. The zero-order chi connectivity index (χ0) is 34.1. The van der Waals surface area contributed by atoms with E-state index in [-0.39, 0.29) is 39.5 Å². The Bertz CT molecular complexity index is 1540. The second-order valence-corrected chi connectivity index (χ2v) is 15.9. The second kappa shape index (κ2) is 18.3. The quantitative estimate of drug-likeness (QED) is 0.197. The molecule has 2 aromatic carbocycles. The number of thioether (sulfide) groups is 1. The maximum absolute atomic E-state index is 12.5. The van der Waals surface area contributed by atoms with Crippen molar-refractivity contribution in [3.8, 4) is 5.75 Å². The SMILES string of the molecule is CCCCOc1ccc(C(=O)CCN2CCCCC2)cc1.CN1C(CSCC(F)(F)F)Nc2cc(Cl)c(S(N)(=O)=O)cc2S1(=O)=O.Cl. The Hall–Kier alpha value is -1.79. The van der Waals surface area contributed by atoms with E-state index in [0.29, 0.717) is 18.2 Å². The molecular formula is C29H41Cl2F3N4O6S3. The highest BCUT2D eigenvalue weighted by atomic mass is 35.5. The Kier molecular flexibility index (Phi) is 16.1. The van der Waals surface area contributed by atoms with Crippen molar-refractivity contribution < 1.29 is 39.5 Å². The van der Waals surface area contributed by atoms with Crippen LogP contribution >= 0.6 is 35.8 Å². The van der Waals surface area contributed by atoms with Crippen LogP contribution in [0, 0.1) is 0 Å². The first kappa shape index (κ1) is 41.4. The van der Waals surface area contributed by atoms with Crippen LogP contribution in [-0.2, 0) is 20.0 Å². The largest absolute Gasteiger partial charge is 0.494 e. The zero-order valence-electron chi connectivity index (χ0n) is 26.1. The molecular weight excluding hydrogens is 724 g/mol. The summed E-state index contributed by atoms with van der Waals surface area (Å²) >= 11 is 6.34. The van der Waals surface area contributed by atoms with Gasteiger partial charge in [-0.2, -0.15) is 17.5 Å². The van der Waals surface area contributed by atoms with E-state index < -0.39 is 43.0 Å². The smallest absolute Gasteiger partial charge is 0.397 e. The van der Waals surface area contributed by atoms with Crippen LogP contribution in [0.4, 0.5) is 18.9 Å². The molecule has 0 radical (unpaired) electrons. The minimum absolute atomic E-state index is 0. The first-order valence-corrected chi connectivity index (χ1v) is 19.3. The summed E-state index contributed by atoms with van der Waals surface area (Å²) in [5.74, 6) is -0.211. The Morgan fingerprint density at radius 1 is 1.15 bits per heavy atom. The molecule has 10 nitrogen and oxygen atoms in total. The average molecular weight is 766 g/mol. The molecule has 3 N–H and O–H groups in total. The summed E-state index contributed by atoms with van der Waals surface area (Å²) in [6.07, 6.45) is 1.38. The van der Waals surface area contributed by atoms with Gasteiger partial charge >= 0.3 is 6.18 Å². The van der Waals surface area contributed by atoms with Crippen molar-refractivity contribution in [3.63, 3.8) is 0 Å². The fraction of sp³-hybridized carbons (Fsp3) is 0.552. The van der Waals surface area contributed by atoms with E-state index in [1.165, 1.54) is 26.3 Å². The molecule has 47 heavy (non-hydrogen) atoms. The molecule has 1 fully saturated rings. The van der Waals surface area contributed by atoms with Gasteiger partial charge in [0.1, 0.15) is 21.7 Å². The summed E-state index contributed by atoms with van der Waals surface area (Å²) in [7, 11) is -7.21. The molecule has 266 valence electrons. The number of nitrogens with zero attached hydrogens (tertiary/aromatic N) is 2. The number of piperidine rings is 1. The molecule has 2 heterocycles. The van der Waals surface area contributed by atoms with Gasteiger partial charge in [0, 0.05) is 31.3 Å². The van der Waals surface area contributed by atoms with Crippen molar-refractivity contribution in [1.82, 2.24) is 9.21 Å². The molecule has 0 aromatic heterocycles. The summed E-state index contributed by atoms with van der Waals surface area (Å²) in [6.45, 7) is 6.09. The summed E-state index contributed by atoms with van der Waals surface area (Å²) in [4.78, 5) is 13.7. The van der Waals surface area contributed by atoms with E-state index in [2.05, 4.69) is 17.1 Å². The predicted octanol–water partition coefficient (Wildman–Crippen LogP) is 6.00. The fourth-order valence-electron chi connectivity index (χ4n) is 4.76. The van der Waals surface area contributed by atoms with Crippen LogP contribution < -0.4 is 15.2 Å². The van der Waals surface area contributed by atoms with Gasteiger partial charge in [0.25, 0.3) is 0 Å². The van der Waals surface area contributed by atoms with Gasteiger partial charge in [-0.3, -0.25) is 4.79 Å². The topological polar surface area (TPSA) is 139 Å². The Morgan fingerprint density at radius 2 is 1.79 bits per heavy atom. The van der Waals surface area contributed by atoms with E-state index in [9.17, 15) is 34.8 Å². The monoisotopic (exact) mass is 764 g/mol. The van der Waals surface area contributed by atoms with Crippen LogP contribution in [0.25, 0.3) is 0 Å². The molecule has 2 aromatic rings. The van der Waals surface area contributed by atoms with Crippen molar-refractivity contribution in [2.45, 2.75) is 67.6 Å². The normalized spacial score (nSPS) is 18.1. The van der Waals surface area contributed by atoms with E-state index >= 15 is 0 Å². The molecule has 1 atom stereocenters. The predicted molar refractivity (Wildman–Crippen MR) is 182 cm³/mol. The number of nitrogens with one attached hydrogen (secondary N) is 1. The van der Waals surface area contributed by atoms with Gasteiger partial charge in [0.05, 0.1) is 23.1 Å². The molecule has 1 saturated heterocycles. The number of ketones is 1. The minimum atomic E-state index is -4.37. The lowest BCUT2D eigenvalue weighted by Gasteiger charge is -2.35. The number of primary sulfonamides is 1. The van der Waals surface area contributed by atoms with Gasteiger partial charge in [0.15, 0.2) is 5.78 Å². The Morgan fingerprint density at radius 3 is 2.36 bits per heavy atom. The van der Waals surface area contributed by atoms with Gasteiger partial charge < -0.3 is 15.0 Å². The molecule has 0 bridgehead atoms. The van der Waals surface area contributed by atoms with Crippen molar-refractivity contribution in [1.29, 1.82) is 0 Å². The first-order chi connectivity index (χ1) is 21.5. The molecule has 1 unspecified atom stereocenters. The zero-order valence-corrected chi connectivity index (χ0v) is 30.1. The molecule has 2 aliphatic heterocycles. The average Bonchev–Trinajstić information content (AvgIpc) is 2.98. The maximum atomic E-state index is 12.5.